The quantitative estimate of drug-likeness (QED) is 0.610. The Kier molecular flexibility index (Phi) is 5.94. The zero-order chi connectivity index (χ0) is 20.9. The van der Waals surface area contributed by atoms with Gasteiger partial charge >= 0.3 is 0 Å². The number of nitrogens with one attached hydrogen (secondary N) is 2. The number of imidazole rings is 1. The number of aromatic nitrogens is 2. The van der Waals surface area contributed by atoms with Crippen molar-refractivity contribution in [2.24, 2.45) is 7.05 Å². The molecule has 0 bridgehead atoms. The first-order valence-corrected chi connectivity index (χ1v) is 9.94. The Bertz CT molecular complexity index is 1040. The van der Waals surface area contributed by atoms with E-state index in [1.54, 1.807) is 24.3 Å². The number of hydrogen-bond acceptors (Lipinski definition) is 5. The maximum atomic E-state index is 12.3. The van der Waals surface area contributed by atoms with E-state index < -0.39 is 5.91 Å². The number of amides is 2. The van der Waals surface area contributed by atoms with Crippen LogP contribution in [-0.4, -0.2) is 40.7 Å². The van der Waals surface area contributed by atoms with Gasteiger partial charge in [0, 0.05) is 19.2 Å². The van der Waals surface area contributed by atoms with Crippen molar-refractivity contribution in [1.29, 1.82) is 0 Å². The van der Waals surface area contributed by atoms with E-state index in [1.165, 1.54) is 0 Å². The van der Waals surface area contributed by atoms with E-state index in [1.807, 2.05) is 35.9 Å². The van der Waals surface area contributed by atoms with E-state index >= 15 is 0 Å². The standard InChI is InChI=1S/C22H24N4O4/c1-26-19-7-3-2-6-18(19)23-20(26)13-21(27)24-25-22(28)15-8-10-16(11-9-15)30-14-17-5-4-12-29-17/h2-3,6-11,17H,4-5,12-14H2,1H3,(H,24,27)(H,25,28)/t17-/m1/s1. The van der Waals surface area contributed by atoms with Crippen molar-refractivity contribution in [3.8, 4) is 5.75 Å². The van der Waals surface area contributed by atoms with Crippen LogP contribution in [0.4, 0.5) is 0 Å². The summed E-state index contributed by atoms with van der Waals surface area (Å²) in [7, 11) is 1.86. The van der Waals surface area contributed by atoms with Crippen molar-refractivity contribution < 1.29 is 19.1 Å². The Balaban J connectivity index is 1.27. The average molecular weight is 408 g/mol. The van der Waals surface area contributed by atoms with Gasteiger partial charge in [0.05, 0.1) is 23.6 Å². The third kappa shape index (κ3) is 4.60. The van der Waals surface area contributed by atoms with Crippen LogP contribution >= 0.6 is 0 Å². The number of fused-ring (bicyclic) bond motifs is 1. The topological polar surface area (TPSA) is 94.5 Å². The Morgan fingerprint density at radius 1 is 1.17 bits per heavy atom. The van der Waals surface area contributed by atoms with Gasteiger partial charge in [-0.2, -0.15) is 0 Å². The van der Waals surface area contributed by atoms with Crippen LogP contribution in [0.3, 0.4) is 0 Å². The number of aryl methyl sites for hydroxylation is 1. The van der Waals surface area contributed by atoms with Crippen LogP contribution in [0.25, 0.3) is 11.0 Å². The summed E-state index contributed by atoms with van der Waals surface area (Å²) in [4.78, 5) is 29.0. The van der Waals surface area contributed by atoms with E-state index in [4.69, 9.17) is 9.47 Å². The lowest BCUT2D eigenvalue weighted by molar-refractivity contribution is -0.121. The third-order valence-electron chi connectivity index (χ3n) is 5.09. The van der Waals surface area contributed by atoms with Gasteiger partial charge in [-0.15, -0.1) is 0 Å². The predicted octanol–water partition coefficient (Wildman–Crippen LogP) is 2.13. The molecule has 2 aromatic carbocycles. The first-order valence-electron chi connectivity index (χ1n) is 9.94. The van der Waals surface area contributed by atoms with Crippen LogP contribution < -0.4 is 15.6 Å². The predicted molar refractivity (Wildman–Crippen MR) is 111 cm³/mol. The summed E-state index contributed by atoms with van der Waals surface area (Å²) in [5, 5.41) is 0. The van der Waals surface area contributed by atoms with Crippen molar-refractivity contribution in [3.05, 3.63) is 59.9 Å². The molecule has 0 spiro atoms. The van der Waals surface area contributed by atoms with Crippen molar-refractivity contribution in [2.75, 3.05) is 13.2 Å². The summed E-state index contributed by atoms with van der Waals surface area (Å²) >= 11 is 0. The second-order valence-corrected chi connectivity index (χ2v) is 7.23. The normalized spacial score (nSPS) is 15.8. The van der Waals surface area contributed by atoms with Crippen molar-refractivity contribution >= 4 is 22.8 Å². The second kappa shape index (κ2) is 8.96. The first-order chi connectivity index (χ1) is 14.6. The van der Waals surface area contributed by atoms with Crippen LogP contribution in [0, 0.1) is 0 Å². The van der Waals surface area contributed by atoms with Gasteiger partial charge in [-0.05, 0) is 49.2 Å². The van der Waals surface area contributed by atoms with Gasteiger partial charge in [-0.1, -0.05) is 12.1 Å². The van der Waals surface area contributed by atoms with Crippen LogP contribution in [0.15, 0.2) is 48.5 Å². The van der Waals surface area contributed by atoms with Crippen molar-refractivity contribution in [1.82, 2.24) is 20.4 Å². The number of para-hydroxylation sites is 2. The highest BCUT2D eigenvalue weighted by Gasteiger charge is 2.16. The first kappa shape index (κ1) is 19.9. The molecule has 8 heteroatoms. The minimum absolute atomic E-state index is 0.0570. The number of hydrazine groups is 1. The second-order valence-electron chi connectivity index (χ2n) is 7.23. The molecule has 8 nitrogen and oxygen atoms in total. The van der Waals surface area contributed by atoms with Gasteiger partial charge in [-0.25, -0.2) is 4.98 Å². The number of rotatable bonds is 6. The van der Waals surface area contributed by atoms with E-state index in [0.29, 0.717) is 23.7 Å². The minimum Gasteiger partial charge on any atom is -0.491 e. The maximum Gasteiger partial charge on any atom is 0.269 e. The smallest absolute Gasteiger partial charge is 0.269 e. The lowest BCUT2D eigenvalue weighted by atomic mass is 10.2. The molecule has 2 heterocycles. The molecule has 1 aliphatic rings. The zero-order valence-corrected chi connectivity index (χ0v) is 16.8. The van der Waals surface area contributed by atoms with E-state index in [-0.39, 0.29) is 18.4 Å². The van der Waals surface area contributed by atoms with Gasteiger partial charge in [-0.3, -0.25) is 20.4 Å². The molecule has 1 aromatic heterocycles. The largest absolute Gasteiger partial charge is 0.491 e. The molecule has 0 aliphatic carbocycles. The highest BCUT2D eigenvalue weighted by molar-refractivity contribution is 5.95. The van der Waals surface area contributed by atoms with E-state index in [9.17, 15) is 9.59 Å². The molecule has 0 radical (unpaired) electrons. The van der Waals surface area contributed by atoms with Crippen LogP contribution in [0.2, 0.25) is 0 Å². The minimum atomic E-state index is -0.404. The number of ether oxygens (including phenoxy) is 2. The molecule has 1 aliphatic heterocycles. The van der Waals surface area contributed by atoms with Gasteiger partial charge in [0.2, 0.25) is 5.91 Å². The van der Waals surface area contributed by atoms with E-state index in [0.717, 1.165) is 30.5 Å². The fourth-order valence-electron chi connectivity index (χ4n) is 3.41. The number of carbonyl (C=O) groups is 2. The zero-order valence-electron chi connectivity index (χ0n) is 16.8. The molecule has 4 rings (SSSR count). The molecule has 156 valence electrons. The Morgan fingerprint density at radius 2 is 1.97 bits per heavy atom. The highest BCUT2D eigenvalue weighted by Crippen LogP contribution is 2.17. The molecular weight excluding hydrogens is 384 g/mol. The molecule has 0 unspecified atom stereocenters. The Hall–Kier alpha value is -3.39. The SMILES string of the molecule is Cn1c(CC(=O)NNC(=O)c2ccc(OC[C@H]3CCCO3)cc2)nc2ccccc21. The summed E-state index contributed by atoms with van der Waals surface area (Å²) in [6, 6.07) is 14.4. The van der Waals surface area contributed by atoms with Gasteiger partial charge in [0.25, 0.3) is 5.91 Å². The molecule has 1 atom stereocenters. The molecular formula is C22H24N4O4. The van der Waals surface area contributed by atoms with Crippen molar-refractivity contribution in [3.63, 3.8) is 0 Å². The Morgan fingerprint density at radius 3 is 2.70 bits per heavy atom. The Labute approximate surface area is 174 Å². The van der Waals surface area contributed by atoms with Gasteiger partial charge in [0.1, 0.15) is 18.2 Å². The number of carbonyl (C=O) groups excluding carboxylic acids is 2. The molecule has 0 saturated carbocycles. The van der Waals surface area contributed by atoms with Gasteiger partial charge in [0.15, 0.2) is 0 Å². The monoisotopic (exact) mass is 408 g/mol. The van der Waals surface area contributed by atoms with Crippen LogP contribution in [0.5, 0.6) is 5.75 Å². The molecule has 2 N–H and O–H groups in total. The highest BCUT2D eigenvalue weighted by atomic mass is 16.5. The summed E-state index contributed by atoms with van der Waals surface area (Å²) in [5.41, 5.74) is 7.07. The average Bonchev–Trinajstić information content (AvgIpc) is 3.39. The van der Waals surface area contributed by atoms with E-state index in [2.05, 4.69) is 15.8 Å². The summed E-state index contributed by atoms with van der Waals surface area (Å²) in [6.07, 6.45) is 2.27. The summed E-state index contributed by atoms with van der Waals surface area (Å²) in [6.45, 7) is 1.29. The molecule has 1 fully saturated rings. The lowest BCUT2D eigenvalue weighted by Crippen LogP contribution is -2.42. The van der Waals surface area contributed by atoms with Crippen LogP contribution in [-0.2, 0) is 23.0 Å². The maximum absolute atomic E-state index is 12.3. The van der Waals surface area contributed by atoms with Crippen LogP contribution in [0.1, 0.15) is 29.0 Å². The molecule has 3 aromatic rings. The summed E-state index contributed by atoms with van der Waals surface area (Å²) < 4.78 is 13.1. The molecule has 1 saturated heterocycles. The lowest BCUT2D eigenvalue weighted by Gasteiger charge is -2.12. The van der Waals surface area contributed by atoms with Gasteiger partial charge < -0.3 is 14.0 Å². The fourth-order valence-corrected chi connectivity index (χ4v) is 3.41. The number of nitrogens with zero attached hydrogens (tertiary/aromatic N) is 2. The molecule has 2 amide bonds. The third-order valence-corrected chi connectivity index (χ3v) is 5.09. The number of benzene rings is 2. The summed E-state index contributed by atoms with van der Waals surface area (Å²) in [5.74, 6) is 0.543. The number of hydrogen-bond donors (Lipinski definition) is 2. The molecule has 30 heavy (non-hydrogen) atoms. The fraction of sp³-hybridized carbons (Fsp3) is 0.318. The van der Waals surface area contributed by atoms with Crippen molar-refractivity contribution in [2.45, 2.75) is 25.4 Å².